The summed E-state index contributed by atoms with van der Waals surface area (Å²) in [6.45, 7) is 14.8. The van der Waals surface area contributed by atoms with Crippen LogP contribution in [0.1, 0.15) is 81.9 Å². The number of nitrogens with zero attached hydrogens (tertiary/aromatic N) is 5. The van der Waals surface area contributed by atoms with Crippen molar-refractivity contribution in [1.29, 1.82) is 0 Å². The van der Waals surface area contributed by atoms with E-state index in [1.54, 1.807) is 0 Å². The number of aromatic amines is 1. The zero-order valence-corrected chi connectivity index (χ0v) is 21.4. The van der Waals surface area contributed by atoms with Gasteiger partial charge in [-0.1, -0.05) is 25.5 Å². The minimum Gasteiger partial charge on any atom is -0.377 e. The van der Waals surface area contributed by atoms with E-state index < -0.39 is 0 Å². The molecule has 1 fully saturated rings. The zero-order chi connectivity index (χ0) is 24.5. The number of fused-ring (bicyclic) bond motifs is 1. The summed E-state index contributed by atoms with van der Waals surface area (Å²) < 4.78 is 7.96. The fraction of sp³-hybridized carbons (Fsp3) is 0.615. The van der Waals surface area contributed by atoms with E-state index in [9.17, 15) is 4.79 Å². The van der Waals surface area contributed by atoms with Gasteiger partial charge >= 0.3 is 0 Å². The molecule has 4 rings (SSSR count). The number of H-pyrrole nitrogens is 1. The van der Waals surface area contributed by atoms with E-state index in [0.29, 0.717) is 6.54 Å². The van der Waals surface area contributed by atoms with E-state index in [0.717, 1.165) is 66.7 Å². The van der Waals surface area contributed by atoms with Crippen LogP contribution in [0, 0.1) is 13.8 Å². The lowest BCUT2D eigenvalue weighted by atomic mass is 10.0. The molecule has 2 atom stereocenters. The minimum absolute atomic E-state index is 0.0284. The molecule has 8 heteroatoms. The van der Waals surface area contributed by atoms with Crippen LogP contribution in [0.25, 0.3) is 10.9 Å². The number of ether oxygens (including phenoxy) is 1. The molecule has 1 saturated heterocycles. The maximum absolute atomic E-state index is 13.2. The van der Waals surface area contributed by atoms with E-state index >= 15 is 0 Å². The Balaban J connectivity index is 1.74. The smallest absolute Gasteiger partial charge is 0.252 e. The van der Waals surface area contributed by atoms with Crippen molar-refractivity contribution in [2.45, 2.75) is 91.5 Å². The summed E-state index contributed by atoms with van der Waals surface area (Å²) in [7, 11) is 0. The highest BCUT2D eigenvalue weighted by atomic mass is 16.5. The third kappa shape index (κ3) is 4.93. The van der Waals surface area contributed by atoms with Crippen LogP contribution in [0.2, 0.25) is 0 Å². The van der Waals surface area contributed by atoms with E-state index in [4.69, 9.17) is 4.74 Å². The van der Waals surface area contributed by atoms with E-state index in [-0.39, 0.29) is 23.2 Å². The predicted octanol–water partition coefficient (Wildman–Crippen LogP) is 4.41. The fourth-order valence-corrected chi connectivity index (χ4v) is 5.01. The summed E-state index contributed by atoms with van der Waals surface area (Å²) in [5.41, 5.74) is 3.69. The SMILES string of the molecule is CC[C@@H](c1nnnn1C(C)(C)CC)N(Cc1cc2cc(C)cc(C)c2[nH]c1=O)C[C@H]1CCCO1. The van der Waals surface area contributed by atoms with Gasteiger partial charge in [0.15, 0.2) is 5.82 Å². The largest absolute Gasteiger partial charge is 0.377 e. The van der Waals surface area contributed by atoms with Gasteiger partial charge in [0, 0.05) is 25.3 Å². The first-order chi connectivity index (χ1) is 16.2. The Morgan fingerprint density at radius 1 is 1.26 bits per heavy atom. The molecule has 0 aliphatic carbocycles. The average Bonchev–Trinajstić information content (AvgIpc) is 3.48. The number of aryl methyl sites for hydroxylation is 2. The number of hydrogen-bond donors (Lipinski definition) is 1. The molecule has 1 N–H and O–H groups in total. The molecule has 0 amide bonds. The molecule has 0 radical (unpaired) electrons. The summed E-state index contributed by atoms with van der Waals surface area (Å²) in [6, 6.07) is 6.25. The highest BCUT2D eigenvalue weighted by Crippen LogP contribution is 2.30. The first-order valence-corrected chi connectivity index (χ1v) is 12.5. The molecule has 34 heavy (non-hydrogen) atoms. The second-order valence-electron chi connectivity index (χ2n) is 10.3. The van der Waals surface area contributed by atoms with Crippen molar-refractivity contribution >= 4 is 10.9 Å². The summed E-state index contributed by atoms with van der Waals surface area (Å²) in [5.74, 6) is 0.844. The average molecular weight is 467 g/mol. The summed E-state index contributed by atoms with van der Waals surface area (Å²) in [4.78, 5) is 18.6. The number of benzene rings is 1. The molecule has 1 aliphatic heterocycles. The van der Waals surface area contributed by atoms with Crippen LogP contribution < -0.4 is 5.56 Å². The number of tetrazole rings is 1. The van der Waals surface area contributed by atoms with Crippen molar-refractivity contribution in [2.24, 2.45) is 0 Å². The maximum Gasteiger partial charge on any atom is 0.252 e. The molecule has 0 saturated carbocycles. The van der Waals surface area contributed by atoms with Gasteiger partial charge in [-0.15, -0.1) is 5.10 Å². The van der Waals surface area contributed by atoms with Gasteiger partial charge in [-0.2, -0.15) is 0 Å². The quantitative estimate of drug-likeness (QED) is 0.503. The molecule has 3 heterocycles. The Labute approximate surface area is 201 Å². The standard InChI is InChI=1S/C26H38N6O2/c1-7-22(24-28-29-30-32(24)26(5,6)8-2)31(16-21-10-9-11-34-21)15-20-14-19-13-17(3)12-18(4)23(19)27-25(20)33/h12-14,21-22H,7-11,15-16H2,1-6H3,(H,27,33)/t21-,22+/m1/s1. The lowest BCUT2D eigenvalue weighted by Crippen LogP contribution is -2.39. The molecule has 1 aromatic carbocycles. The Kier molecular flexibility index (Phi) is 7.19. The maximum atomic E-state index is 13.2. The topological polar surface area (TPSA) is 88.9 Å². The minimum atomic E-state index is -0.197. The third-order valence-corrected chi connectivity index (χ3v) is 7.26. The second kappa shape index (κ2) is 9.96. The van der Waals surface area contributed by atoms with Crippen LogP contribution in [-0.2, 0) is 16.8 Å². The van der Waals surface area contributed by atoms with Crippen molar-refractivity contribution in [2.75, 3.05) is 13.2 Å². The molecule has 2 aromatic heterocycles. The van der Waals surface area contributed by atoms with Gasteiger partial charge in [0.2, 0.25) is 0 Å². The van der Waals surface area contributed by atoms with Crippen LogP contribution >= 0.6 is 0 Å². The van der Waals surface area contributed by atoms with Gasteiger partial charge in [0.1, 0.15) is 0 Å². The summed E-state index contributed by atoms with van der Waals surface area (Å²) in [5, 5.41) is 13.9. The second-order valence-corrected chi connectivity index (χ2v) is 10.3. The summed E-state index contributed by atoms with van der Waals surface area (Å²) in [6.07, 6.45) is 4.00. The lowest BCUT2D eigenvalue weighted by Gasteiger charge is -2.34. The number of aromatic nitrogens is 5. The number of pyridine rings is 1. The molecule has 0 bridgehead atoms. The first-order valence-electron chi connectivity index (χ1n) is 12.5. The number of nitrogens with one attached hydrogen (secondary N) is 1. The first kappa shape index (κ1) is 24.5. The summed E-state index contributed by atoms with van der Waals surface area (Å²) >= 11 is 0. The van der Waals surface area contributed by atoms with Gasteiger partial charge < -0.3 is 9.72 Å². The Hall–Kier alpha value is -2.58. The highest BCUT2D eigenvalue weighted by molar-refractivity contribution is 5.82. The normalized spacial score (nSPS) is 17.7. The Morgan fingerprint density at radius 2 is 2.06 bits per heavy atom. The molecular formula is C26H38N6O2. The number of rotatable bonds is 9. The van der Waals surface area contributed by atoms with Crippen LogP contribution in [0.3, 0.4) is 0 Å². The Morgan fingerprint density at radius 3 is 2.74 bits per heavy atom. The molecule has 184 valence electrons. The van der Waals surface area contributed by atoms with Gasteiger partial charge in [0.05, 0.1) is 23.2 Å². The zero-order valence-electron chi connectivity index (χ0n) is 21.4. The molecule has 0 unspecified atom stereocenters. The van der Waals surface area contributed by atoms with Gasteiger partial charge in [-0.3, -0.25) is 9.69 Å². The molecule has 0 spiro atoms. The van der Waals surface area contributed by atoms with Crippen LogP contribution in [0.15, 0.2) is 23.0 Å². The van der Waals surface area contributed by atoms with Crippen LogP contribution in [0.5, 0.6) is 0 Å². The van der Waals surface area contributed by atoms with Crippen LogP contribution in [-0.4, -0.2) is 49.3 Å². The number of hydrogen-bond acceptors (Lipinski definition) is 6. The molecule has 3 aromatic rings. The lowest BCUT2D eigenvalue weighted by molar-refractivity contribution is 0.0475. The van der Waals surface area contributed by atoms with Gasteiger partial charge in [-0.05, 0) is 86.9 Å². The van der Waals surface area contributed by atoms with E-state index in [1.165, 1.54) is 5.56 Å². The monoisotopic (exact) mass is 466 g/mol. The molecule has 8 nitrogen and oxygen atoms in total. The van der Waals surface area contributed by atoms with Gasteiger partial charge in [0.25, 0.3) is 5.56 Å². The predicted molar refractivity (Wildman–Crippen MR) is 134 cm³/mol. The van der Waals surface area contributed by atoms with Crippen molar-refractivity contribution in [3.63, 3.8) is 0 Å². The van der Waals surface area contributed by atoms with E-state index in [1.807, 2.05) is 17.7 Å². The Bertz CT molecular complexity index is 1190. The molecular weight excluding hydrogens is 428 g/mol. The van der Waals surface area contributed by atoms with Crippen molar-refractivity contribution in [1.82, 2.24) is 30.1 Å². The molecule has 1 aliphatic rings. The van der Waals surface area contributed by atoms with Crippen molar-refractivity contribution < 1.29 is 4.74 Å². The highest BCUT2D eigenvalue weighted by Gasteiger charge is 2.32. The van der Waals surface area contributed by atoms with Crippen molar-refractivity contribution in [3.05, 3.63) is 51.1 Å². The van der Waals surface area contributed by atoms with Gasteiger partial charge in [-0.25, -0.2) is 4.68 Å². The van der Waals surface area contributed by atoms with Crippen LogP contribution in [0.4, 0.5) is 0 Å². The van der Waals surface area contributed by atoms with Crippen molar-refractivity contribution in [3.8, 4) is 0 Å². The third-order valence-electron chi connectivity index (χ3n) is 7.26. The fourth-order valence-electron chi connectivity index (χ4n) is 5.01. The van der Waals surface area contributed by atoms with E-state index in [2.05, 4.69) is 72.2 Å².